The lowest BCUT2D eigenvalue weighted by molar-refractivity contribution is -0.147. The highest BCUT2D eigenvalue weighted by atomic mass is 16.6. The Hall–Kier alpha value is -2.72. The Kier molecular flexibility index (Phi) is 5.01. The number of hydrogen-bond donors (Lipinski definition) is 0. The number of rotatable bonds is 6. The summed E-state index contributed by atoms with van der Waals surface area (Å²) >= 11 is 0. The van der Waals surface area contributed by atoms with E-state index in [-0.39, 0.29) is 46.0 Å². The van der Waals surface area contributed by atoms with E-state index < -0.39 is 47.3 Å². The van der Waals surface area contributed by atoms with Crippen molar-refractivity contribution in [3.05, 3.63) is 22.3 Å². The first-order valence-electron chi connectivity index (χ1n) is 11.4. The quantitative estimate of drug-likeness (QED) is 0.403. The van der Waals surface area contributed by atoms with E-state index in [0.717, 1.165) is 0 Å². The van der Waals surface area contributed by atoms with Crippen LogP contribution in [-0.2, 0) is 47.6 Å². The second-order valence-corrected chi connectivity index (χ2v) is 9.31. The third-order valence-electron chi connectivity index (χ3n) is 8.71. The van der Waals surface area contributed by atoms with Gasteiger partial charge in [0, 0.05) is 23.7 Å². The van der Waals surface area contributed by atoms with Crippen LogP contribution in [0.15, 0.2) is 22.3 Å². The molecule has 2 saturated heterocycles. The molecule has 0 aromatic rings. The molecule has 0 spiro atoms. The molecule has 1 aliphatic carbocycles. The minimum Gasteiger partial charge on any atom is -0.466 e. The van der Waals surface area contributed by atoms with E-state index in [1.807, 2.05) is 13.8 Å². The molecule has 5 rings (SSSR count). The summed E-state index contributed by atoms with van der Waals surface area (Å²) in [6.07, 6.45) is -0.593. The molecule has 34 heavy (non-hydrogen) atoms. The first-order valence-corrected chi connectivity index (χ1v) is 11.4. The Balaban J connectivity index is 1.70. The Morgan fingerprint density at radius 2 is 0.971 bits per heavy atom. The Labute approximate surface area is 196 Å². The van der Waals surface area contributed by atoms with Crippen molar-refractivity contribution in [2.24, 2.45) is 23.7 Å². The highest BCUT2D eigenvalue weighted by Gasteiger charge is 2.84. The molecule has 4 heterocycles. The van der Waals surface area contributed by atoms with Gasteiger partial charge in [0.1, 0.15) is 11.2 Å². The summed E-state index contributed by atoms with van der Waals surface area (Å²) in [4.78, 5) is 51.5. The van der Waals surface area contributed by atoms with Crippen molar-refractivity contribution >= 4 is 23.9 Å². The van der Waals surface area contributed by atoms with Crippen LogP contribution < -0.4 is 0 Å². The van der Waals surface area contributed by atoms with Crippen LogP contribution in [-0.4, -0.2) is 75.7 Å². The van der Waals surface area contributed by atoms with Gasteiger partial charge in [0.15, 0.2) is 0 Å². The summed E-state index contributed by atoms with van der Waals surface area (Å²) < 4.78 is 33.1. The van der Waals surface area contributed by atoms with Crippen LogP contribution in [0, 0.1) is 23.7 Å². The number of ether oxygens (including phenoxy) is 6. The maximum Gasteiger partial charge on any atom is 0.337 e. The van der Waals surface area contributed by atoms with Gasteiger partial charge in [-0.1, -0.05) is 13.8 Å². The molecule has 4 bridgehead atoms. The molecule has 4 aliphatic heterocycles. The van der Waals surface area contributed by atoms with E-state index in [2.05, 4.69) is 0 Å². The van der Waals surface area contributed by atoms with Crippen molar-refractivity contribution in [2.45, 2.75) is 50.1 Å². The topological polar surface area (TPSA) is 124 Å². The molecule has 0 amide bonds. The van der Waals surface area contributed by atoms with E-state index in [1.54, 1.807) is 0 Å². The number of methoxy groups -OCH3 is 4. The maximum absolute atomic E-state index is 12.9. The van der Waals surface area contributed by atoms with Crippen molar-refractivity contribution in [2.75, 3.05) is 28.4 Å². The molecule has 8 atom stereocenters. The SMILES string of the molecule is CC[C@]12O[C@H](C(C(=O)OC)=C1C(=O)OC)[C@H]1[C@@H]3[C@H]([C@H]12)[C@]1(CC)O[C@H]3C(C(=O)OC)=C1C(=O)OC. The Morgan fingerprint density at radius 1 is 0.647 bits per heavy atom. The number of carbonyl (C=O) groups excluding carboxylic acids is 4. The molecule has 0 radical (unpaired) electrons. The van der Waals surface area contributed by atoms with Crippen LogP contribution in [0.4, 0.5) is 0 Å². The summed E-state index contributed by atoms with van der Waals surface area (Å²) in [6, 6.07) is 0. The van der Waals surface area contributed by atoms with Crippen molar-refractivity contribution in [3.8, 4) is 0 Å². The predicted octanol–water partition coefficient (Wildman–Crippen LogP) is 0.872. The van der Waals surface area contributed by atoms with E-state index in [1.165, 1.54) is 28.4 Å². The summed E-state index contributed by atoms with van der Waals surface area (Å²) in [5, 5.41) is 0. The molecule has 10 nitrogen and oxygen atoms in total. The molecule has 10 heteroatoms. The number of hydrogen-bond acceptors (Lipinski definition) is 10. The van der Waals surface area contributed by atoms with Crippen LogP contribution in [0.5, 0.6) is 0 Å². The van der Waals surface area contributed by atoms with Gasteiger partial charge in [-0.3, -0.25) is 0 Å². The van der Waals surface area contributed by atoms with E-state index in [4.69, 9.17) is 28.4 Å². The third kappa shape index (κ3) is 2.28. The van der Waals surface area contributed by atoms with Crippen LogP contribution in [0.1, 0.15) is 26.7 Å². The zero-order chi connectivity index (χ0) is 24.7. The van der Waals surface area contributed by atoms with Gasteiger partial charge in [-0.25, -0.2) is 19.2 Å². The molecular formula is C24H28O10. The first-order chi connectivity index (χ1) is 16.2. The van der Waals surface area contributed by atoms with Gasteiger partial charge in [0.25, 0.3) is 0 Å². The number of esters is 4. The zero-order valence-corrected chi connectivity index (χ0v) is 20.0. The molecular weight excluding hydrogens is 448 g/mol. The van der Waals surface area contributed by atoms with E-state index in [0.29, 0.717) is 12.8 Å². The average molecular weight is 476 g/mol. The lowest BCUT2D eigenvalue weighted by Crippen LogP contribution is -2.65. The smallest absolute Gasteiger partial charge is 0.337 e. The van der Waals surface area contributed by atoms with E-state index >= 15 is 0 Å². The fourth-order valence-corrected chi connectivity index (χ4v) is 7.67. The van der Waals surface area contributed by atoms with Crippen molar-refractivity contribution < 1.29 is 47.6 Å². The number of fused-ring (bicyclic) bond motifs is 12. The Morgan fingerprint density at radius 3 is 1.24 bits per heavy atom. The summed E-state index contributed by atoms with van der Waals surface area (Å²) in [5.74, 6) is -3.42. The fourth-order valence-electron chi connectivity index (χ4n) is 7.67. The molecule has 5 aliphatic rings. The highest BCUT2D eigenvalue weighted by Crippen LogP contribution is 2.77. The monoisotopic (exact) mass is 476 g/mol. The lowest BCUT2D eigenvalue weighted by Gasteiger charge is -2.58. The van der Waals surface area contributed by atoms with Gasteiger partial charge in [-0.2, -0.15) is 0 Å². The van der Waals surface area contributed by atoms with Gasteiger partial charge in [0.05, 0.1) is 62.9 Å². The summed E-state index contributed by atoms with van der Waals surface area (Å²) in [7, 11) is 5.03. The molecule has 184 valence electrons. The number of carbonyl (C=O) groups is 4. The second kappa shape index (κ2) is 7.39. The molecule has 0 aromatic carbocycles. The van der Waals surface area contributed by atoms with Crippen molar-refractivity contribution in [3.63, 3.8) is 0 Å². The molecule has 0 N–H and O–H groups in total. The highest BCUT2D eigenvalue weighted by molar-refractivity contribution is 6.06. The molecule has 0 aromatic heterocycles. The van der Waals surface area contributed by atoms with Gasteiger partial charge in [-0.05, 0) is 12.8 Å². The maximum atomic E-state index is 12.9. The van der Waals surface area contributed by atoms with Crippen molar-refractivity contribution in [1.29, 1.82) is 0 Å². The minimum atomic E-state index is -1.09. The van der Waals surface area contributed by atoms with Gasteiger partial charge < -0.3 is 28.4 Å². The van der Waals surface area contributed by atoms with E-state index in [9.17, 15) is 19.2 Å². The zero-order valence-electron chi connectivity index (χ0n) is 20.0. The average Bonchev–Trinajstić information content (AvgIpc) is 3.51. The summed E-state index contributed by atoms with van der Waals surface area (Å²) in [5.41, 5.74) is -1.48. The molecule has 1 saturated carbocycles. The van der Waals surface area contributed by atoms with Gasteiger partial charge in [0.2, 0.25) is 0 Å². The lowest BCUT2D eigenvalue weighted by atomic mass is 9.41. The predicted molar refractivity (Wildman–Crippen MR) is 112 cm³/mol. The van der Waals surface area contributed by atoms with Crippen LogP contribution in [0.25, 0.3) is 0 Å². The van der Waals surface area contributed by atoms with Crippen LogP contribution >= 0.6 is 0 Å². The first kappa shape index (κ1) is 23.0. The van der Waals surface area contributed by atoms with Crippen LogP contribution in [0.2, 0.25) is 0 Å². The fraction of sp³-hybridized carbons (Fsp3) is 0.667. The summed E-state index contributed by atoms with van der Waals surface area (Å²) in [6.45, 7) is 3.78. The largest absolute Gasteiger partial charge is 0.466 e. The van der Waals surface area contributed by atoms with Crippen molar-refractivity contribution in [1.82, 2.24) is 0 Å². The third-order valence-corrected chi connectivity index (χ3v) is 8.71. The van der Waals surface area contributed by atoms with Gasteiger partial charge in [-0.15, -0.1) is 0 Å². The van der Waals surface area contributed by atoms with Crippen LogP contribution in [0.3, 0.4) is 0 Å². The standard InChI is InChI=1S/C24H28O10/c1-7-23-13-9(17(33-23)11(19(25)29-3)15(23)21(27)31-5)10-14(13)24(8-2)16(22(28)32-6)12(18(10)34-24)20(26)30-4/h9-10,13-14,17-18H,7-8H2,1-6H3/t9-,10+,13-,14+,17-,18+,23+,24-. The van der Waals surface area contributed by atoms with Gasteiger partial charge >= 0.3 is 23.9 Å². The normalized spacial score (nSPS) is 40.5. The second-order valence-electron chi connectivity index (χ2n) is 9.31. The molecule has 0 unspecified atom stereocenters. The molecule has 3 fully saturated rings. The minimum absolute atomic E-state index is 0.168. The Bertz CT molecular complexity index is 988.